The van der Waals surface area contributed by atoms with E-state index in [0.717, 1.165) is 43.6 Å². The Morgan fingerprint density at radius 3 is 2.14 bits per heavy atom. The standard InChI is InChI=1S/C18H28N2O2/c1-13-11-15(21-2)17(16(12-13)22-3)18(14-5-4-6-14)20-9-7-19-8-10-20/h11-12,14,18-19H,4-10H2,1-3H3/t18-/m1/s1. The van der Waals surface area contributed by atoms with E-state index in [1.807, 2.05) is 0 Å². The van der Waals surface area contributed by atoms with E-state index in [1.165, 1.54) is 30.4 Å². The largest absolute Gasteiger partial charge is 0.496 e. The maximum Gasteiger partial charge on any atom is 0.127 e. The van der Waals surface area contributed by atoms with Gasteiger partial charge in [-0.3, -0.25) is 4.90 Å². The molecule has 1 atom stereocenters. The van der Waals surface area contributed by atoms with Crippen LogP contribution in [0.25, 0.3) is 0 Å². The topological polar surface area (TPSA) is 33.7 Å². The summed E-state index contributed by atoms with van der Waals surface area (Å²) in [5.41, 5.74) is 2.44. The van der Waals surface area contributed by atoms with E-state index in [0.29, 0.717) is 6.04 Å². The average molecular weight is 304 g/mol. The number of nitrogens with one attached hydrogen (secondary N) is 1. The van der Waals surface area contributed by atoms with Crippen LogP contribution in [0.15, 0.2) is 12.1 Å². The summed E-state index contributed by atoms with van der Waals surface area (Å²) >= 11 is 0. The van der Waals surface area contributed by atoms with Gasteiger partial charge in [0.2, 0.25) is 0 Å². The summed E-state index contributed by atoms with van der Waals surface area (Å²) in [6, 6.07) is 4.71. The molecule has 1 aliphatic carbocycles. The Balaban J connectivity index is 2.02. The molecule has 0 spiro atoms. The molecular formula is C18H28N2O2. The monoisotopic (exact) mass is 304 g/mol. The molecule has 1 aromatic rings. The highest BCUT2D eigenvalue weighted by Crippen LogP contribution is 2.48. The Morgan fingerprint density at radius 1 is 1.09 bits per heavy atom. The van der Waals surface area contributed by atoms with Crippen molar-refractivity contribution in [1.29, 1.82) is 0 Å². The molecule has 0 amide bonds. The molecule has 2 aliphatic rings. The smallest absolute Gasteiger partial charge is 0.127 e. The van der Waals surface area contributed by atoms with Gasteiger partial charge < -0.3 is 14.8 Å². The van der Waals surface area contributed by atoms with Gasteiger partial charge in [-0.05, 0) is 43.4 Å². The summed E-state index contributed by atoms with van der Waals surface area (Å²) in [5.74, 6) is 2.68. The van der Waals surface area contributed by atoms with E-state index in [2.05, 4.69) is 29.3 Å². The maximum atomic E-state index is 5.74. The van der Waals surface area contributed by atoms with Gasteiger partial charge in [0.25, 0.3) is 0 Å². The van der Waals surface area contributed by atoms with Gasteiger partial charge in [0.05, 0.1) is 19.8 Å². The number of aryl methyl sites for hydroxylation is 1. The molecule has 22 heavy (non-hydrogen) atoms. The van der Waals surface area contributed by atoms with Gasteiger partial charge in [0.15, 0.2) is 0 Å². The van der Waals surface area contributed by atoms with Gasteiger partial charge in [-0.1, -0.05) is 6.42 Å². The Labute approximate surface area is 133 Å². The number of rotatable bonds is 5. The van der Waals surface area contributed by atoms with Crippen LogP contribution in [-0.4, -0.2) is 45.3 Å². The second-order valence-electron chi connectivity index (χ2n) is 6.50. The second-order valence-corrected chi connectivity index (χ2v) is 6.50. The number of hydrogen-bond donors (Lipinski definition) is 1. The summed E-state index contributed by atoms with van der Waals surface area (Å²) in [4.78, 5) is 2.62. The van der Waals surface area contributed by atoms with E-state index >= 15 is 0 Å². The summed E-state index contributed by atoms with van der Waals surface area (Å²) in [7, 11) is 3.54. The van der Waals surface area contributed by atoms with Crippen molar-refractivity contribution in [3.63, 3.8) is 0 Å². The number of methoxy groups -OCH3 is 2. The normalized spacial score (nSPS) is 21.2. The zero-order valence-corrected chi connectivity index (χ0v) is 14.0. The molecule has 4 nitrogen and oxygen atoms in total. The fraction of sp³-hybridized carbons (Fsp3) is 0.667. The number of hydrogen-bond acceptors (Lipinski definition) is 4. The number of nitrogens with zero attached hydrogens (tertiary/aromatic N) is 1. The Morgan fingerprint density at radius 2 is 1.68 bits per heavy atom. The molecule has 1 aromatic carbocycles. The lowest BCUT2D eigenvalue weighted by molar-refractivity contribution is 0.0799. The molecule has 3 rings (SSSR count). The molecule has 1 saturated heterocycles. The Bertz CT molecular complexity index is 483. The lowest BCUT2D eigenvalue weighted by atomic mass is 9.75. The van der Waals surface area contributed by atoms with Crippen LogP contribution in [0.5, 0.6) is 11.5 Å². The molecule has 1 N–H and O–H groups in total. The van der Waals surface area contributed by atoms with E-state index in [1.54, 1.807) is 14.2 Å². The maximum absolute atomic E-state index is 5.74. The van der Waals surface area contributed by atoms with Crippen LogP contribution in [0.4, 0.5) is 0 Å². The number of ether oxygens (including phenoxy) is 2. The number of benzene rings is 1. The summed E-state index contributed by atoms with van der Waals surface area (Å²) in [6.45, 7) is 6.43. The van der Waals surface area contributed by atoms with Gasteiger partial charge in [-0.15, -0.1) is 0 Å². The molecule has 1 heterocycles. The van der Waals surface area contributed by atoms with E-state index in [9.17, 15) is 0 Å². The van der Waals surface area contributed by atoms with Crippen LogP contribution >= 0.6 is 0 Å². The molecule has 4 heteroatoms. The van der Waals surface area contributed by atoms with Crippen molar-refractivity contribution in [2.75, 3.05) is 40.4 Å². The SMILES string of the molecule is COc1cc(C)cc(OC)c1[C@@H](C1CCC1)N1CCNCC1. The van der Waals surface area contributed by atoms with Crippen LogP contribution in [-0.2, 0) is 0 Å². The zero-order chi connectivity index (χ0) is 15.5. The Kier molecular flexibility index (Phi) is 4.89. The minimum absolute atomic E-state index is 0.418. The molecule has 0 bridgehead atoms. The highest BCUT2D eigenvalue weighted by atomic mass is 16.5. The lowest BCUT2D eigenvalue weighted by Crippen LogP contribution is -2.48. The van der Waals surface area contributed by atoms with Crippen molar-refractivity contribution in [2.45, 2.75) is 32.2 Å². The molecule has 0 aromatic heterocycles. The molecule has 1 saturated carbocycles. The predicted octanol–water partition coefficient (Wildman–Crippen LogP) is 2.76. The first-order valence-corrected chi connectivity index (χ1v) is 8.42. The summed E-state index contributed by atoms with van der Waals surface area (Å²) in [6.07, 6.45) is 3.98. The number of piperazine rings is 1. The third-order valence-electron chi connectivity index (χ3n) is 5.13. The van der Waals surface area contributed by atoms with Gasteiger partial charge in [-0.25, -0.2) is 0 Å². The van der Waals surface area contributed by atoms with Crippen LogP contribution in [0.3, 0.4) is 0 Å². The third-order valence-corrected chi connectivity index (χ3v) is 5.13. The van der Waals surface area contributed by atoms with Crippen molar-refractivity contribution in [3.8, 4) is 11.5 Å². The highest BCUT2D eigenvalue weighted by Gasteiger charge is 2.37. The fourth-order valence-electron chi connectivity index (χ4n) is 3.79. The minimum atomic E-state index is 0.418. The van der Waals surface area contributed by atoms with Crippen LogP contribution < -0.4 is 14.8 Å². The quantitative estimate of drug-likeness (QED) is 0.907. The van der Waals surface area contributed by atoms with Gasteiger partial charge in [0, 0.05) is 32.2 Å². The van der Waals surface area contributed by atoms with Crippen molar-refractivity contribution >= 4 is 0 Å². The van der Waals surface area contributed by atoms with E-state index in [-0.39, 0.29) is 0 Å². The van der Waals surface area contributed by atoms with Crippen LogP contribution in [0.1, 0.15) is 36.4 Å². The predicted molar refractivity (Wildman–Crippen MR) is 88.8 cm³/mol. The van der Waals surface area contributed by atoms with Crippen molar-refractivity contribution in [2.24, 2.45) is 5.92 Å². The first-order chi connectivity index (χ1) is 10.7. The first-order valence-electron chi connectivity index (χ1n) is 8.42. The molecule has 2 fully saturated rings. The van der Waals surface area contributed by atoms with Gasteiger partial charge in [0.1, 0.15) is 11.5 Å². The van der Waals surface area contributed by atoms with Crippen molar-refractivity contribution < 1.29 is 9.47 Å². The first kappa shape index (κ1) is 15.6. The van der Waals surface area contributed by atoms with Crippen LogP contribution in [0.2, 0.25) is 0 Å². The molecule has 0 unspecified atom stereocenters. The van der Waals surface area contributed by atoms with Crippen molar-refractivity contribution in [3.05, 3.63) is 23.3 Å². The van der Waals surface area contributed by atoms with Gasteiger partial charge >= 0.3 is 0 Å². The fourth-order valence-corrected chi connectivity index (χ4v) is 3.79. The highest BCUT2D eigenvalue weighted by molar-refractivity contribution is 5.50. The lowest BCUT2D eigenvalue weighted by Gasteiger charge is -2.44. The van der Waals surface area contributed by atoms with Crippen molar-refractivity contribution in [1.82, 2.24) is 10.2 Å². The second kappa shape index (κ2) is 6.88. The molecule has 0 radical (unpaired) electrons. The molecule has 1 aliphatic heterocycles. The van der Waals surface area contributed by atoms with E-state index < -0.39 is 0 Å². The average Bonchev–Trinajstić information content (AvgIpc) is 2.51. The zero-order valence-electron chi connectivity index (χ0n) is 14.0. The Hall–Kier alpha value is -1.26. The minimum Gasteiger partial charge on any atom is -0.496 e. The van der Waals surface area contributed by atoms with Gasteiger partial charge in [-0.2, -0.15) is 0 Å². The summed E-state index contributed by atoms with van der Waals surface area (Å²) < 4.78 is 11.5. The summed E-state index contributed by atoms with van der Waals surface area (Å²) in [5, 5.41) is 3.46. The third kappa shape index (κ3) is 2.95. The molecule has 122 valence electrons. The van der Waals surface area contributed by atoms with Crippen LogP contribution in [0, 0.1) is 12.8 Å². The molecular weight excluding hydrogens is 276 g/mol. The van der Waals surface area contributed by atoms with E-state index in [4.69, 9.17) is 9.47 Å².